The Morgan fingerprint density at radius 2 is 1.95 bits per heavy atom. The molecule has 0 aromatic heterocycles. The normalized spacial score (nSPS) is 30.5. The second kappa shape index (κ2) is 5.48. The summed E-state index contributed by atoms with van der Waals surface area (Å²) in [5, 5.41) is 1.31. The molecule has 0 spiro atoms. The Bertz CT molecular complexity index is 666. The molecule has 0 amide bonds. The van der Waals surface area contributed by atoms with Crippen molar-refractivity contribution in [2.45, 2.75) is 32.4 Å². The minimum absolute atomic E-state index is 0.00502. The maximum atomic E-state index is 12.6. The summed E-state index contributed by atoms with van der Waals surface area (Å²) in [4.78, 5) is 0. The van der Waals surface area contributed by atoms with Gasteiger partial charge in [-0.1, -0.05) is 44.2 Å². The van der Waals surface area contributed by atoms with Crippen LogP contribution in [-0.4, -0.2) is 38.5 Å². The monoisotopic (exact) mass is 321 g/mol. The van der Waals surface area contributed by atoms with Crippen LogP contribution >= 0.6 is 0 Å². The zero-order chi connectivity index (χ0) is 16.0. The van der Waals surface area contributed by atoms with Gasteiger partial charge in [-0.25, -0.2) is 8.42 Å². The molecule has 1 aromatic rings. The average Bonchev–Trinajstić information content (AvgIpc) is 2.92. The zero-order valence-electron chi connectivity index (χ0n) is 13.3. The highest BCUT2D eigenvalue weighted by Crippen LogP contribution is 2.54. The van der Waals surface area contributed by atoms with E-state index in [9.17, 15) is 8.42 Å². The van der Waals surface area contributed by atoms with Gasteiger partial charge in [0.15, 0.2) is 0 Å². The topological polar surface area (TPSA) is 46.6 Å². The van der Waals surface area contributed by atoms with Crippen molar-refractivity contribution >= 4 is 16.1 Å². The Hall–Kier alpha value is -1.17. The predicted octanol–water partition coefficient (Wildman–Crippen LogP) is 2.73. The van der Waals surface area contributed by atoms with Crippen molar-refractivity contribution in [3.05, 3.63) is 41.3 Å². The quantitative estimate of drug-likeness (QED) is 0.856. The van der Waals surface area contributed by atoms with Crippen molar-refractivity contribution in [3.8, 4) is 0 Å². The predicted molar refractivity (Wildman–Crippen MR) is 87.6 cm³/mol. The highest BCUT2D eigenvalue weighted by molar-refractivity contribution is 7.92. The molecule has 1 heterocycles. The summed E-state index contributed by atoms with van der Waals surface area (Å²) in [7, 11) is -1.74. The molecule has 2 aliphatic rings. The summed E-state index contributed by atoms with van der Waals surface area (Å²) >= 11 is 0. The number of fused-ring (bicyclic) bond motifs is 1. The minimum Gasteiger partial charge on any atom is -0.377 e. The first-order valence-corrected chi connectivity index (χ1v) is 9.17. The third kappa shape index (κ3) is 2.51. The molecule has 1 aromatic carbocycles. The van der Waals surface area contributed by atoms with Gasteiger partial charge in [-0.2, -0.15) is 4.31 Å². The second-order valence-corrected chi connectivity index (χ2v) is 8.66. The van der Waals surface area contributed by atoms with Crippen LogP contribution in [0.4, 0.5) is 0 Å². The van der Waals surface area contributed by atoms with E-state index < -0.39 is 10.0 Å². The van der Waals surface area contributed by atoms with E-state index in [4.69, 9.17) is 4.74 Å². The van der Waals surface area contributed by atoms with E-state index >= 15 is 0 Å². The molecular weight excluding hydrogens is 298 g/mol. The maximum Gasteiger partial charge on any atom is 0.236 e. The molecule has 4 nitrogen and oxygen atoms in total. The smallest absolute Gasteiger partial charge is 0.236 e. The Kier molecular flexibility index (Phi) is 3.91. The van der Waals surface area contributed by atoms with Gasteiger partial charge in [0.05, 0.1) is 6.10 Å². The number of sulfonamides is 1. The molecule has 0 bridgehead atoms. The summed E-state index contributed by atoms with van der Waals surface area (Å²) in [6.45, 7) is 4.93. The van der Waals surface area contributed by atoms with Crippen molar-refractivity contribution < 1.29 is 13.2 Å². The molecule has 1 saturated heterocycles. The van der Waals surface area contributed by atoms with Gasteiger partial charge in [0.25, 0.3) is 0 Å². The summed E-state index contributed by atoms with van der Waals surface area (Å²) in [6, 6.07) is 9.48. The third-order valence-electron chi connectivity index (χ3n) is 5.06. The molecule has 0 radical (unpaired) electrons. The lowest BCUT2D eigenvalue weighted by atomic mass is 9.57. The number of hydrogen-bond donors (Lipinski definition) is 0. The number of rotatable bonds is 4. The Morgan fingerprint density at radius 3 is 2.64 bits per heavy atom. The first kappa shape index (κ1) is 15.7. The van der Waals surface area contributed by atoms with E-state index in [0.29, 0.717) is 5.92 Å². The van der Waals surface area contributed by atoms with Crippen LogP contribution in [0.15, 0.2) is 35.7 Å². The van der Waals surface area contributed by atoms with E-state index in [1.807, 2.05) is 30.3 Å². The van der Waals surface area contributed by atoms with Gasteiger partial charge in [0.1, 0.15) is 0 Å². The molecule has 22 heavy (non-hydrogen) atoms. The van der Waals surface area contributed by atoms with Crippen LogP contribution < -0.4 is 0 Å². The zero-order valence-corrected chi connectivity index (χ0v) is 14.1. The molecule has 0 N–H and O–H groups in total. The van der Waals surface area contributed by atoms with Crippen molar-refractivity contribution in [2.24, 2.45) is 11.3 Å². The van der Waals surface area contributed by atoms with Gasteiger partial charge in [-0.15, -0.1) is 0 Å². The lowest BCUT2D eigenvalue weighted by Gasteiger charge is -2.57. The van der Waals surface area contributed by atoms with Crippen molar-refractivity contribution in [1.82, 2.24) is 4.31 Å². The van der Waals surface area contributed by atoms with Gasteiger partial charge < -0.3 is 4.74 Å². The van der Waals surface area contributed by atoms with Crippen LogP contribution in [0.5, 0.6) is 0 Å². The minimum atomic E-state index is -3.43. The van der Waals surface area contributed by atoms with Crippen LogP contribution in [0.2, 0.25) is 0 Å². The number of hydrogen-bond acceptors (Lipinski definition) is 3. The maximum absolute atomic E-state index is 12.6. The molecule has 0 unspecified atom stereocenters. The molecule has 2 fully saturated rings. The van der Waals surface area contributed by atoms with E-state index in [-0.39, 0.29) is 17.6 Å². The number of nitrogens with zero attached hydrogens (tertiary/aromatic N) is 1. The van der Waals surface area contributed by atoms with Crippen molar-refractivity contribution in [2.75, 3.05) is 13.7 Å². The highest BCUT2D eigenvalue weighted by Gasteiger charge is 2.62. The van der Waals surface area contributed by atoms with Crippen molar-refractivity contribution in [1.29, 1.82) is 0 Å². The summed E-state index contributed by atoms with van der Waals surface area (Å²) in [5.74, 6) is 0.319. The largest absolute Gasteiger partial charge is 0.377 e. The van der Waals surface area contributed by atoms with E-state index in [2.05, 4.69) is 13.8 Å². The number of benzene rings is 1. The van der Waals surface area contributed by atoms with Crippen LogP contribution in [0.1, 0.15) is 25.8 Å². The van der Waals surface area contributed by atoms with E-state index in [1.54, 1.807) is 13.1 Å². The first-order valence-electron chi connectivity index (χ1n) is 7.67. The second-order valence-electron chi connectivity index (χ2n) is 6.78. The highest BCUT2D eigenvalue weighted by atomic mass is 32.2. The van der Waals surface area contributed by atoms with Crippen molar-refractivity contribution in [3.63, 3.8) is 0 Å². The summed E-state index contributed by atoms with van der Waals surface area (Å²) < 4.78 is 32.5. The average molecular weight is 321 g/mol. The van der Waals surface area contributed by atoms with Crippen LogP contribution in [0, 0.1) is 11.3 Å². The standard InChI is InChI=1S/C17H23NO3S/c1-17(2)15(14-9-11-21-16(14)17)18(3)22(19,20)12-10-13-7-5-4-6-8-13/h4-8,10,12,14-16H,9,11H2,1-3H3/b12-10-/t14-,15+,16+/m0/s1. The molecule has 1 aliphatic heterocycles. The Labute approximate surface area is 132 Å². The van der Waals surface area contributed by atoms with E-state index in [0.717, 1.165) is 18.6 Å². The van der Waals surface area contributed by atoms with E-state index in [1.165, 1.54) is 9.71 Å². The van der Waals surface area contributed by atoms with Gasteiger partial charge in [-0.3, -0.25) is 0 Å². The fourth-order valence-corrected chi connectivity index (χ4v) is 5.28. The van der Waals surface area contributed by atoms with Gasteiger partial charge in [-0.05, 0) is 18.1 Å². The summed E-state index contributed by atoms with van der Waals surface area (Å²) in [5.41, 5.74) is 0.748. The molecule has 3 atom stereocenters. The molecular formula is C17H23NO3S. The summed E-state index contributed by atoms with van der Waals surface area (Å²) in [6.07, 6.45) is 2.79. The number of ether oxygens (including phenoxy) is 1. The lowest BCUT2D eigenvalue weighted by Crippen LogP contribution is -2.66. The van der Waals surface area contributed by atoms with Crippen LogP contribution in [0.3, 0.4) is 0 Å². The van der Waals surface area contributed by atoms with Gasteiger partial charge >= 0.3 is 0 Å². The molecule has 5 heteroatoms. The fraction of sp³-hybridized carbons (Fsp3) is 0.529. The molecule has 1 aliphatic carbocycles. The van der Waals surface area contributed by atoms with Gasteiger partial charge in [0.2, 0.25) is 10.0 Å². The fourth-order valence-electron chi connectivity index (χ4n) is 4.02. The van der Waals surface area contributed by atoms with Crippen LogP contribution in [0.25, 0.3) is 6.08 Å². The van der Waals surface area contributed by atoms with Gasteiger partial charge in [0, 0.05) is 36.4 Å². The van der Waals surface area contributed by atoms with Crippen LogP contribution in [-0.2, 0) is 14.8 Å². The third-order valence-corrected chi connectivity index (χ3v) is 6.57. The molecule has 3 rings (SSSR count). The molecule has 120 valence electrons. The SMILES string of the molecule is CN([C@@H]1[C@@H]2CCO[C@H]2C1(C)C)S(=O)(=O)/C=C\c1ccccc1. The lowest BCUT2D eigenvalue weighted by molar-refractivity contribution is -0.131. The molecule has 1 saturated carbocycles. The first-order chi connectivity index (χ1) is 10.3. The Balaban J connectivity index is 1.79. The Morgan fingerprint density at radius 1 is 1.27 bits per heavy atom.